The number of hydrogen-bond acceptors (Lipinski definition) is 2. The zero-order chi connectivity index (χ0) is 13.5. The Labute approximate surface area is 119 Å². The normalized spacial score (nSPS) is 9.94. The third kappa shape index (κ3) is 5.06. The quantitative estimate of drug-likeness (QED) is 0.835. The molecule has 4 nitrogen and oxygen atoms in total. The maximum Gasteiger partial charge on any atom is 0.242 e. The molecule has 0 spiro atoms. The van der Waals surface area contributed by atoms with E-state index in [-0.39, 0.29) is 24.2 Å². The minimum Gasteiger partial charge on any atom is -0.346 e. The average molecular weight is 334 g/mol. The van der Waals surface area contributed by atoms with Crippen LogP contribution in [0.2, 0.25) is 0 Å². The molecule has 2 amide bonds. The molecule has 1 aromatic rings. The van der Waals surface area contributed by atoms with Gasteiger partial charge in [-0.05, 0) is 17.7 Å². The van der Waals surface area contributed by atoms with Gasteiger partial charge in [-0.15, -0.1) is 11.6 Å². The van der Waals surface area contributed by atoms with E-state index < -0.39 is 0 Å². The van der Waals surface area contributed by atoms with Crippen molar-refractivity contribution in [2.75, 3.05) is 19.5 Å². The first kappa shape index (κ1) is 15.0. The number of nitrogens with zero attached hydrogens (tertiary/aromatic N) is 1. The molecule has 0 aliphatic rings. The van der Waals surface area contributed by atoms with E-state index in [1.807, 2.05) is 24.3 Å². The number of halogens is 2. The van der Waals surface area contributed by atoms with Gasteiger partial charge in [-0.2, -0.15) is 0 Å². The number of amides is 2. The maximum atomic E-state index is 11.7. The Balaban J connectivity index is 2.44. The van der Waals surface area contributed by atoms with Gasteiger partial charge < -0.3 is 10.2 Å². The second kappa shape index (κ2) is 7.38. The molecule has 98 valence electrons. The highest BCUT2D eigenvalue weighted by Gasteiger charge is 2.10. The summed E-state index contributed by atoms with van der Waals surface area (Å²) in [7, 11) is 1.69. The van der Waals surface area contributed by atoms with Crippen LogP contribution in [-0.2, 0) is 16.1 Å². The zero-order valence-corrected chi connectivity index (χ0v) is 12.3. The molecule has 1 N–H and O–H groups in total. The van der Waals surface area contributed by atoms with Crippen LogP contribution in [0.4, 0.5) is 0 Å². The summed E-state index contributed by atoms with van der Waals surface area (Å²) in [5.41, 5.74) is 1.03. The van der Waals surface area contributed by atoms with Crippen LogP contribution in [0.5, 0.6) is 0 Å². The number of rotatable bonds is 5. The topological polar surface area (TPSA) is 49.4 Å². The molecule has 0 aromatic heterocycles. The molecule has 18 heavy (non-hydrogen) atoms. The van der Waals surface area contributed by atoms with Crippen molar-refractivity contribution >= 4 is 39.3 Å². The predicted molar refractivity (Wildman–Crippen MR) is 74.3 cm³/mol. The van der Waals surface area contributed by atoms with Crippen molar-refractivity contribution < 1.29 is 9.59 Å². The Morgan fingerprint density at radius 2 is 1.94 bits per heavy atom. The molecular weight excluding hydrogens is 320 g/mol. The molecule has 0 aliphatic heterocycles. The smallest absolute Gasteiger partial charge is 0.242 e. The van der Waals surface area contributed by atoms with Gasteiger partial charge in [-0.3, -0.25) is 9.59 Å². The molecule has 0 fully saturated rings. The fourth-order valence-corrected chi connectivity index (χ4v) is 1.67. The van der Waals surface area contributed by atoms with Crippen molar-refractivity contribution in [2.45, 2.75) is 6.54 Å². The van der Waals surface area contributed by atoms with Gasteiger partial charge >= 0.3 is 0 Å². The molecule has 0 saturated heterocycles. The SMILES string of the molecule is CN(Cc1ccc(Br)cc1)C(=O)CNC(=O)CCl. The highest BCUT2D eigenvalue weighted by molar-refractivity contribution is 9.10. The summed E-state index contributed by atoms with van der Waals surface area (Å²) in [6, 6.07) is 7.71. The predicted octanol–water partition coefficient (Wildman–Crippen LogP) is 1.76. The van der Waals surface area contributed by atoms with E-state index in [0.717, 1.165) is 10.0 Å². The van der Waals surface area contributed by atoms with Crippen molar-refractivity contribution in [2.24, 2.45) is 0 Å². The number of carbonyl (C=O) groups excluding carboxylic acids is 2. The van der Waals surface area contributed by atoms with Crippen LogP contribution in [0, 0.1) is 0 Å². The van der Waals surface area contributed by atoms with Crippen molar-refractivity contribution in [3.8, 4) is 0 Å². The van der Waals surface area contributed by atoms with Gasteiger partial charge in [0.05, 0.1) is 6.54 Å². The van der Waals surface area contributed by atoms with Crippen LogP contribution in [0.15, 0.2) is 28.7 Å². The molecule has 6 heteroatoms. The summed E-state index contributed by atoms with van der Waals surface area (Å²) in [6.07, 6.45) is 0. The van der Waals surface area contributed by atoms with Crippen molar-refractivity contribution in [1.82, 2.24) is 10.2 Å². The molecule has 0 aliphatic carbocycles. The molecule has 0 radical (unpaired) electrons. The van der Waals surface area contributed by atoms with Crippen LogP contribution >= 0.6 is 27.5 Å². The second-order valence-corrected chi connectivity index (χ2v) is 4.97. The molecule has 1 rings (SSSR count). The Bertz CT molecular complexity index is 423. The Morgan fingerprint density at radius 3 is 2.50 bits per heavy atom. The zero-order valence-electron chi connectivity index (χ0n) is 9.95. The van der Waals surface area contributed by atoms with Gasteiger partial charge in [0, 0.05) is 18.1 Å². The van der Waals surface area contributed by atoms with Crippen LogP contribution in [-0.4, -0.2) is 36.2 Å². The van der Waals surface area contributed by atoms with Crippen molar-refractivity contribution in [1.29, 1.82) is 0 Å². The maximum absolute atomic E-state index is 11.7. The van der Waals surface area contributed by atoms with Gasteiger partial charge in [0.15, 0.2) is 0 Å². The molecule has 0 atom stereocenters. The summed E-state index contributed by atoms with van der Waals surface area (Å²) in [5, 5.41) is 2.44. The minimum absolute atomic E-state index is 0.0292. The molecule has 0 saturated carbocycles. The highest BCUT2D eigenvalue weighted by Crippen LogP contribution is 2.11. The number of nitrogens with one attached hydrogen (secondary N) is 1. The van der Waals surface area contributed by atoms with Gasteiger partial charge in [0.25, 0.3) is 0 Å². The lowest BCUT2D eigenvalue weighted by Gasteiger charge is -2.17. The van der Waals surface area contributed by atoms with Crippen LogP contribution in [0.1, 0.15) is 5.56 Å². The number of carbonyl (C=O) groups is 2. The summed E-state index contributed by atoms with van der Waals surface area (Å²) >= 11 is 8.67. The standard InChI is InChI=1S/C12H14BrClN2O2/c1-16(12(18)7-15-11(17)6-14)8-9-2-4-10(13)5-3-9/h2-5H,6-8H2,1H3,(H,15,17). The van der Waals surface area contributed by atoms with E-state index >= 15 is 0 Å². The van der Waals surface area contributed by atoms with Crippen LogP contribution < -0.4 is 5.32 Å². The van der Waals surface area contributed by atoms with Gasteiger partial charge in [0.2, 0.25) is 11.8 Å². The number of benzene rings is 1. The van der Waals surface area contributed by atoms with E-state index in [1.54, 1.807) is 11.9 Å². The third-order valence-corrected chi connectivity index (χ3v) is 3.09. The molecule has 1 aromatic carbocycles. The number of likely N-dealkylation sites (N-methyl/N-ethyl adjacent to an activating group) is 1. The second-order valence-electron chi connectivity index (χ2n) is 3.79. The Morgan fingerprint density at radius 1 is 1.33 bits per heavy atom. The summed E-state index contributed by atoms with van der Waals surface area (Å²) in [4.78, 5) is 24.2. The molecule has 0 bridgehead atoms. The first-order chi connectivity index (χ1) is 8.52. The van der Waals surface area contributed by atoms with E-state index in [9.17, 15) is 9.59 Å². The van der Waals surface area contributed by atoms with E-state index in [4.69, 9.17) is 11.6 Å². The van der Waals surface area contributed by atoms with E-state index in [0.29, 0.717) is 6.54 Å². The monoisotopic (exact) mass is 332 g/mol. The first-order valence-electron chi connectivity index (χ1n) is 5.34. The lowest BCUT2D eigenvalue weighted by atomic mass is 10.2. The average Bonchev–Trinajstić information content (AvgIpc) is 2.38. The molecule has 0 unspecified atom stereocenters. The highest BCUT2D eigenvalue weighted by atomic mass is 79.9. The van der Waals surface area contributed by atoms with E-state index in [1.165, 1.54) is 0 Å². The number of hydrogen-bond donors (Lipinski definition) is 1. The summed E-state index contributed by atoms with van der Waals surface area (Å²) in [6.45, 7) is 0.474. The fourth-order valence-electron chi connectivity index (χ4n) is 1.31. The lowest BCUT2D eigenvalue weighted by molar-refractivity contribution is -0.131. The molecule has 0 heterocycles. The fraction of sp³-hybridized carbons (Fsp3) is 0.333. The minimum atomic E-state index is -0.345. The Kier molecular flexibility index (Phi) is 6.15. The lowest BCUT2D eigenvalue weighted by Crippen LogP contribution is -2.38. The van der Waals surface area contributed by atoms with Crippen molar-refractivity contribution in [3.05, 3.63) is 34.3 Å². The van der Waals surface area contributed by atoms with E-state index in [2.05, 4.69) is 21.2 Å². The van der Waals surface area contributed by atoms with Crippen LogP contribution in [0.25, 0.3) is 0 Å². The summed E-state index contributed by atoms with van der Waals surface area (Å²) in [5.74, 6) is -0.637. The Hall–Kier alpha value is -1.07. The largest absolute Gasteiger partial charge is 0.346 e. The molecular formula is C12H14BrClN2O2. The summed E-state index contributed by atoms with van der Waals surface area (Å²) < 4.78 is 0.995. The van der Waals surface area contributed by atoms with Gasteiger partial charge in [-0.1, -0.05) is 28.1 Å². The first-order valence-corrected chi connectivity index (χ1v) is 6.66. The van der Waals surface area contributed by atoms with Gasteiger partial charge in [0.1, 0.15) is 5.88 Å². The van der Waals surface area contributed by atoms with Crippen LogP contribution in [0.3, 0.4) is 0 Å². The van der Waals surface area contributed by atoms with Gasteiger partial charge in [-0.25, -0.2) is 0 Å². The number of alkyl halides is 1. The van der Waals surface area contributed by atoms with Crippen molar-refractivity contribution in [3.63, 3.8) is 0 Å². The third-order valence-electron chi connectivity index (χ3n) is 2.32.